The Morgan fingerprint density at radius 3 is 2.52 bits per heavy atom. The molecule has 7 heteroatoms. The molecule has 1 aliphatic rings. The van der Waals surface area contributed by atoms with Gasteiger partial charge in [-0.15, -0.1) is 0 Å². The van der Waals surface area contributed by atoms with E-state index in [2.05, 4.69) is 16.5 Å². The van der Waals surface area contributed by atoms with Gasteiger partial charge in [0.25, 0.3) is 0 Å². The highest BCUT2D eigenvalue weighted by Gasteiger charge is 2.36. The van der Waals surface area contributed by atoms with Gasteiger partial charge in [-0.05, 0) is 56.2 Å². The Kier molecular flexibility index (Phi) is 5.50. The third kappa shape index (κ3) is 4.17. The van der Waals surface area contributed by atoms with Gasteiger partial charge >= 0.3 is 0 Å². The highest BCUT2D eigenvalue weighted by molar-refractivity contribution is 6.04. The fourth-order valence-electron chi connectivity index (χ4n) is 4.06. The molecule has 1 saturated heterocycles. The first kappa shape index (κ1) is 20.7. The van der Waals surface area contributed by atoms with Gasteiger partial charge in [0.2, 0.25) is 11.8 Å². The molecular formula is C24H26N4O3. The topological polar surface area (TPSA) is 76.5 Å². The number of methoxy groups -OCH3 is 1. The standard InChI is InChI=1S/C24H26N4O3/c1-15-9-16(2)11-19(10-15)28-22(12-17(3)26-28)25-24(30)18-13-23(29)27(14-18)20-7-5-6-8-21(20)31-4/h5-12,18H,13-14H2,1-4H3,(H,25,30). The Morgan fingerprint density at radius 2 is 1.81 bits per heavy atom. The van der Waals surface area contributed by atoms with Crippen molar-refractivity contribution in [3.63, 3.8) is 0 Å². The van der Waals surface area contributed by atoms with Crippen molar-refractivity contribution < 1.29 is 14.3 Å². The molecule has 31 heavy (non-hydrogen) atoms. The fourth-order valence-corrected chi connectivity index (χ4v) is 4.06. The van der Waals surface area contributed by atoms with Crippen LogP contribution in [0.15, 0.2) is 48.5 Å². The van der Waals surface area contributed by atoms with Crippen LogP contribution < -0.4 is 15.0 Å². The van der Waals surface area contributed by atoms with Crippen molar-refractivity contribution in [3.05, 3.63) is 65.4 Å². The van der Waals surface area contributed by atoms with E-state index in [1.807, 2.05) is 57.2 Å². The molecule has 0 spiro atoms. The van der Waals surface area contributed by atoms with Crippen LogP contribution >= 0.6 is 0 Å². The molecule has 1 N–H and O–H groups in total. The van der Waals surface area contributed by atoms with E-state index >= 15 is 0 Å². The molecule has 4 rings (SSSR count). The average molecular weight is 418 g/mol. The van der Waals surface area contributed by atoms with Gasteiger partial charge in [0, 0.05) is 19.0 Å². The number of hydrogen-bond donors (Lipinski definition) is 1. The van der Waals surface area contributed by atoms with Crippen molar-refractivity contribution in [1.29, 1.82) is 0 Å². The summed E-state index contributed by atoms with van der Waals surface area (Å²) in [7, 11) is 1.57. The molecule has 7 nitrogen and oxygen atoms in total. The van der Waals surface area contributed by atoms with Crippen LogP contribution in [-0.4, -0.2) is 35.2 Å². The van der Waals surface area contributed by atoms with Gasteiger partial charge in [-0.25, -0.2) is 4.68 Å². The lowest BCUT2D eigenvalue weighted by Gasteiger charge is -2.19. The number of para-hydroxylation sites is 2. The minimum Gasteiger partial charge on any atom is -0.495 e. The van der Waals surface area contributed by atoms with Gasteiger partial charge in [-0.2, -0.15) is 5.10 Å². The van der Waals surface area contributed by atoms with Crippen molar-refractivity contribution in [2.24, 2.45) is 5.92 Å². The van der Waals surface area contributed by atoms with E-state index in [4.69, 9.17) is 4.74 Å². The van der Waals surface area contributed by atoms with Crippen LogP contribution in [0.2, 0.25) is 0 Å². The molecular weight excluding hydrogens is 392 g/mol. The summed E-state index contributed by atoms with van der Waals surface area (Å²) < 4.78 is 7.12. The largest absolute Gasteiger partial charge is 0.495 e. The molecule has 1 aromatic heterocycles. The number of amides is 2. The number of carbonyl (C=O) groups excluding carboxylic acids is 2. The summed E-state index contributed by atoms with van der Waals surface area (Å²) in [6.07, 6.45) is 0.153. The zero-order chi connectivity index (χ0) is 22.1. The molecule has 0 saturated carbocycles. The third-order valence-corrected chi connectivity index (χ3v) is 5.41. The number of carbonyl (C=O) groups is 2. The van der Waals surface area contributed by atoms with E-state index in [0.29, 0.717) is 23.8 Å². The van der Waals surface area contributed by atoms with Crippen LogP contribution in [0.5, 0.6) is 5.75 Å². The first-order valence-electron chi connectivity index (χ1n) is 10.3. The first-order chi connectivity index (χ1) is 14.9. The molecule has 2 aromatic carbocycles. The van der Waals surface area contributed by atoms with E-state index in [-0.39, 0.29) is 18.2 Å². The maximum absolute atomic E-state index is 13.1. The van der Waals surface area contributed by atoms with E-state index in [1.54, 1.807) is 22.8 Å². The Labute approximate surface area is 181 Å². The van der Waals surface area contributed by atoms with Crippen molar-refractivity contribution in [2.45, 2.75) is 27.2 Å². The molecule has 2 amide bonds. The van der Waals surface area contributed by atoms with Crippen molar-refractivity contribution in [3.8, 4) is 11.4 Å². The maximum Gasteiger partial charge on any atom is 0.230 e. The lowest BCUT2D eigenvalue weighted by Crippen LogP contribution is -2.28. The maximum atomic E-state index is 13.1. The highest BCUT2D eigenvalue weighted by atomic mass is 16.5. The summed E-state index contributed by atoms with van der Waals surface area (Å²) in [6, 6.07) is 15.3. The molecule has 2 heterocycles. The minimum atomic E-state index is -0.458. The summed E-state index contributed by atoms with van der Waals surface area (Å²) in [5.41, 5.74) is 4.61. The molecule has 3 aromatic rings. The lowest BCUT2D eigenvalue weighted by atomic mass is 10.1. The Balaban J connectivity index is 1.55. The quantitative estimate of drug-likeness (QED) is 0.684. The van der Waals surface area contributed by atoms with Crippen LogP contribution in [0.3, 0.4) is 0 Å². The Morgan fingerprint density at radius 1 is 1.10 bits per heavy atom. The van der Waals surface area contributed by atoms with Crippen LogP contribution in [0, 0.1) is 26.7 Å². The molecule has 0 aliphatic carbocycles. The summed E-state index contributed by atoms with van der Waals surface area (Å²) in [4.78, 5) is 27.3. The summed E-state index contributed by atoms with van der Waals surface area (Å²) in [5.74, 6) is 0.455. The number of benzene rings is 2. The van der Waals surface area contributed by atoms with Crippen LogP contribution in [0.25, 0.3) is 5.69 Å². The fraction of sp³-hybridized carbons (Fsp3) is 0.292. The van der Waals surface area contributed by atoms with Gasteiger partial charge in [0.05, 0.1) is 30.1 Å². The van der Waals surface area contributed by atoms with Crippen LogP contribution in [0.1, 0.15) is 23.2 Å². The Hall–Kier alpha value is -3.61. The first-order valence-corrected chi connectivity index (χ1v) is 10.3. The SMILES string of the molecule is COc1ccccc1N1CC(C(=O)Nc2cc(C)nn2-c2cc(C)cc(C)c2)CC1=O. The number of aryl methyl sites for hydroxylation is 3. The highest BCUT2D eigenvalue weighted by Crippen LogP contribution is 2.33. The second-order valence-electron chi connectivity index (χ2n) is 8.00. The van der Waals surface area contributed by atoms with Crippen molar-refractivity contribution >= 4 is 23.3 Å². The molecule has 1 aliphatic heterocycles. The minimum absolute atomic E-state index is 0.0938. The van der Waals surface area contributed by atoms with Gasteiger partial charge < -0.3 is 15.0 Å². The summed E-state index contributed by atoms with van der Waals surface area (Å²) in [5, 5.41) is 7.53. The zero-order valence-corrected chi connectivity index (χ0v) is 18.2. The third-order valence-electron chi connectivity index (χ3n) is 5.41. The number of rotatable bonds is 5. The second kappa shape index (κ2) is 8.26. The molecule has 1 unspecified atom stereocenters. The monoisotopic (exact) mass is 418 g/mol. The normalized spacial score (nSPS) is 15.9. The molecule has 160 valence electrons. The van der Waals surface area contributed by atoms with E-state index in [9.17, 15) is 9.59 Å². The van der Waals surface area contributed by atoms with Crippen LogP contribution in [0.4, 0.5) is 11.5 Å². The second-order valence-corrected chi connectivity index (χ2v) is 8.00. The number of hydrogen-bond acceptors (Lipinski definition) is 4. The van der Waals surface area contributed by atoms with Gasteiger partial charge in [-0.3, -0.25) is 9.59 Å². The molecule has 0 radical (unpaired) electrons. The number of nitrogens with zero attached hydrogens (tertiary/aromatic N) is 3. The van der Waals surface area contributed by atoms with E-state index < -0.39 is 5.92 Å². The average Bonchev–Trinajstić information content (AvgIpc) is 3.29. The molecule has 1 fully saturated rings. The number of anilines is 2. The van der Waals surface area contributed by atoms with Gasteiger partial charge in [0.1, 0.15) is 11.6 Å². The summed E-state index contributed by atoms with van der Waals surface area (Å²) >= 11 is 0. The van der Waals surface area contributed by atoms with E-state index in [0.717, 1.165) is 22.5 Å². The van der Waals surface area contributed by atoms with Crippen LogP contribution in [-0.2, 0) is 9.59 Å². The number of aromatic nitrogens is 2. The predicted octanol–water partition coefficient (Wildman–Crippen LogP) is 3.80. The van der Waals surface area contributed by atoms with Gasteiger partial charge in [0.15, 0.2) is 0 Å². The molecule has 0 bridgehead atoms. The molecule has 1 atom stereocenters. The van der Waals surface area contributed by atoms with Crippen molar-refractivity contribution in [2.75, 3.05) is 23.9 Å². The Bertz CT molecular complexity index is 1130. The number of nitrogens with one attached hydrogen (secondary N) is 1. The smallest absolute Gasteiger partial charge is 0.230 e. The summed E-state index contributed by atoms with van der Waals surface area (Å²) in [6.45, 7) is 6.25. The van der Waals surface area contributed by atoms with Crippen molar-refractivity contribution in [1.82, 2.24) is 9.78 Å². The number of ether oxygens (including phenoxy) is 1. The predicted molar refractivity (Wildman–Crippen MR) is 120 cm³/mol. The van der Waals surface area contributed by atoms with Gasteiger partial charge in [-0.1, -0.05) is 18.2 Å². The zero-order valence-electron chi connectivity index (χ0n) is 18.2. The lowest BCUT2D eigenvalue weighted by molar-refractivity contribution is -0.122. The van der Waals surface area contributed by atoms with E-state index in [1.165, 1.54) is 0 Å².